The molecule has 1 aromatic heterocycles. The van der Waals surface area contributed by atoms with Crippen LogP contribution in [-0.2, 0) is 0 Å². The van der Waals surface area contributed by atoms with Crippen molar-refractivity contribution < 1.29 is 0 Å². The van der Waals surface area contributed by atoms with E-state index in [2.05, 4.69) is 23.0 Å². The Bertz CT molecular complexity index is 611. The van der Waals surface area contributed by atoms with Gasteiger partial charge in [-0.1, -0.05) is 6.07 Å². The van der Waals surface area contributed by atoms with E-state index in [4.69, 9.17) is 0 Å². The fraction of sp³-hybridized carbons (Fsp3) is 0.462. The molecule has 4 heteroatoms. The van der Waals surface area contributed by atoms with Crippen LogP contribution in [0.25, 0.3) is 11.0 Å². The summed E-state index contributed by atoms with van der Waals surface area (Å²) in [6.45, 7) is 4.06. The second kappa shape index (κ2) is 3.74. The largest absolute Gasteiger partial charge is 0.326 e. The third-order valence-electron chi connectivity index (χ3n) is 3.60. The van der Waals surface area contributed by atoms with Gasteiger partial charge in [-0.25, -0.2) is 4.79 Å². The molecule has 2 heterocycles. The molecular formula is C13H17N3O. The van der Waals surface area contributed by atoms with Crippen molar-refractivity contribution in [1.29, 1.82) is 0 Å². The second-order valence-corrected chi connectivity index (χ2v) is 5.03. The highest BCUT2D eigenvalue weighted by Gasteiger charge is 2.24. The van der Waals surface area contributed by atoms with Crippen molar-refractivity contribution in [2.75, 3.05) is 20.1 Å². The van der Waals surface area contributed by atoms with Crippen LogP contribution in [0.2, 0.25) is 0 Å². The number of likely N-dealkylation sites (tertiary alicyclic amines) is 1. The Kier molecular flexibility index (Phi) is 2.33. The van der Waals surface area contributed by atoms with Crippen LogP contribution in [0.4, 0.5) is 0 Å². The molecule has 2 aromatic rings. The average molecular weight is 231 g/mol. The lowest BCUT2D eigenvalue weighted by Gasteiger charge is -2.12. The predicted octanol–water partition coefficient (Wildman–Crippen LogP) is 1.51. The smallest absolute Gasteiger partial charge is 0.306 e. The summed E-state index contributed by atoms with van der Waals surface area (Å²) in [6, 6.07) is 6.45. The van der Waals surface area contributed by atoms with Crippen LogP contribution in [0.3, 0.4) is 0 Å². The normalized spacial score (nSPS) is 21.4. The molecule has 0 aliphatic carbocycles. The number of fused-ring (bicyclic) bond motifs is 1. The van der Waals surface area contributed by atoms with Crippen molar-refractivity contribution in [2.24, 2.45) is 0 Å². The van der Waals surface area contributed by atoms with Gasteiger partial charge in [-0.3, -0.25) is 4.57 Å². The van der Waals surface area contributed by atoms with Crippen molar-refractivity contribution in [3.63, 3.8) is 0 Å². The van der Waals surface area contributed by atoms with E-state index >= 15 is 0 Å². The molecule has 1 N–H and O–H groups in total. The van der Waals surface area contributed by atoms with Gasteiger partial charge in [0.1, 0.15) is 0 Å². The van der Waals surface area contributed by atoms with E-state index in [1.165, 1.54) is 5.56 Å². The monoisotopic (exact) mass is 231 g/mol. The molecule has 17 heavy (non-hydrogen) atoms. The average Bonchev–Trinajstić information content (AvgIpc) is 2.80. The van der Waals surface area contributed by atoms with Crippen molar-refractivity contribution in [2.45, 2.75) is 19.4 Å². The molecule has 0 amide bonds. The number of hydrogen-bond acceptors (Lipinski definition) is 2. The van der Waals surface area contributed by atoms with E-state index in [1.807, 2.05) is 23.6 Å². The number of nitrogens with one attached hydrogen (secondary N) is 1. The van der Waals surface area contributed by atoms with Crippen LogP contribution < -0.4 is 5.69 Å². The number of nitrogens with zero attached hydrogens (tertiary/aromatic N) is 2. The van der Waals surface area contributed by atoms with Crippen LogP contribution >= 0.6 is 0 Å². The van der Waals surface area contributed by atoms with E-state index < -0.39 is 0 Å². The molecule has 3 rings (SSSR count). The zero-order chi connectivity index (χ0) is 12.0. The van der Waals surface area contributed by atoms with Gasteiger partial charge >= 0.3 is 5.69 Å². The quantitative estimate of drug-likeness (QED) is 0.808. The van der Waals surface area contributed by atoms with Gasteiger partial charge in [-0.05, 0) is 44.6 Å². The molecule has 1 aliphatic rings. The van der Waals surface area contributed by atoms with E-state index in [0.717, 1.165) is 30.5 Å². The highest BCUT2D eigenvalue weighted by molar-refractivity contribution is 5.76. The maximum atomic E-state index is 12.0. The van der Waals surface area contributed by atoms with Crippen LogP contribution in [0.1, 0.15) is 18.0 Å². The lowest BCUT2D eigenvalue weighted by atomic mass is 10.2. The number of likely N-dealkylation sites (N-methyl/N-ethyl adjacent to an activating group) is 1. The first-order valence-electron chi connectivity index (χ1n) is 6.04. The van der Waals surface area contributed by atoms with E-state index in [-0.39, 0.29) is 5.69 Å². The molecule has 1 aromatic carbocycles. The molecule has 0 radical (unpaired) electrons. The number of aryl methyl sites for hydroxylation is 1. The van der Waals surface area contributed by atoms with E-state index in [0.29, 0.717) is 6.04 Å². The third kappa shape index (κ3) is 1.69. The third-order valence-corrected chi connectivity index (χ3v) is 3.60. The summed E-state index contributed by atoms with van der Waals surface area (Å²) in [7, 11) is 2.10. The molecule has 1 atom stereocenters. The van der Waals surface area contributed by atoms with Gasteiger partial charge in [0.2, 0.25) is 0 Å². The minimum atomic E-state index is 0.0194. The maximum Gasteiger partial charge on any atom is 0.326 e. The number of H-pyrrole nitrogens is 1. The minimum Gasteiger partial charge on any atom is -0.306 e. The maximum absolute atomic E-state index is 12.0. The first kappa shape index (κ1) is 10.6. The number of aromatic amines is 1. The summed E-state index contributed by atoms with van der Waals surface area (Å²) < 4.78 is 1.91. The summed E-state index contributed by atoms with van der Waals surface area (Å²) in [4.78, 5) is 17.2. The van der Waals surface area contributed by atoms with Crippen LogP contribution in [0, 0.1) is 6.92 Å². The Balaban J connectivity index is 2.15. The fourth-order valence-electron chi connectivity index (χ4n) is 2.73. The van der Waals surface area contributed by atoms with Gasteiger partial charge in [0.05, 0.1) is 17.1 Å². The lowest BCUT2D eigenvalue weighted by molar-refractivity contribution is 0.392. The Morgan fingerprint density at radius 3 is 2.94 bits per heavy atom. The number of rotatable bonds is 1. The molecular weight excluding hydrogens is 214 g/mol. The summed E-state index contributed by atoms with van der Waals surface area (Å²) in [6.07, 6.45) is 1.05. The topological polar surface area (TPSA) is 41.0 Å². The SMILES string of the molecule is Cc1ccc2c(c1)[nH]c(=O)n2C1CCN(C)C1. The van der Waals surface area contributed by atoms with Gasteiger partial charge in [-0.15, -0.1) is 0 Å². The summed E-state index contributed by atoms with van der Waals surface area (Å²) >= 11 is 0. The summed E-state index contributed by atoms with van der Waals surface area (Å²) in [5, 5.41) is 0. The highest BCUT2D eigenvalue weighted by Crippen LogP contribution is 2.23. The highest BCUT2D eigenvalue weighted by atomic mass is 16.1. The van der Waals surface area contributed by atoms with Crippen LogP contribution in [0.15, 0.2) is 23.0 Å². The van der Waals surface area contributed by atoms with Gasteiger partial charge in [0, 0.05) is 6.54 Å². The molecule has 4 nitrogen and oxygen atoms in total. The molecule has 0 spiro atoms. The number of imidazole rings is 1. The molecule has 1 unspecified atom stereocenters. The minimum absolute atomic E-state index is 0.0194. The van der Waals surface area contributed by atoms with Crippen molar-refractivity contribution >= 4 is 11.0 Å². The first-order valence-corrected chi connectivity index (χ1v) is 6.04. The van der Waals surface area contributed by atoms with Gasteiger partial charge in [0.25, 0.3) is 0 Å². The Morgan fingerprint density at radius 1 is 1.41 bits per heavy atom. The van der Waals surface area contributed by atoms with Crippen LogP contribution in [0.5, 0.6) is 0 Å². The van der Waals surface area contributed by atoms with E-state index in [9.17, 15) is 4.79 Å². The lowest BCUT2D eigenvalue weighted by Crippen LogP contribution is -2.24. The second-order valence-electron chi connectivity index (χ2n) is 5.03. The van der Waals surface area contributed by atoms with Gasteiger partial charge in [0.15, 0.2) is 0 Å². The van der Waals surface area contributed by atoms with Gasteiger partial charge in [-0.2, -0.15) is 0 Å². The standard InChI is InChI=1S/C13H17N3O/c1-9-3-4-12-11(7-9)14-13(17)16(12)10-5-6-15(2)8-10/h3-4,7,10H,5-6,8H2,1-2H3,(H,14,17). The molecule has 0 bridgehead atoms. The molecule has 0 saturated carbocycles. The van der Waals surface area contributed by atoms with E-state index in [1.54, 1.807) is 0 Å². The van der Waals surface area contributed by atoms with Crippen molar-refractivity contribution in [3.8, 4) is 0 Å². The zero-order valence-corrected chi connectivity index (χ0v) is 10.2. The molecule has 90 valence electrons. The van der Waals surface area contributed by atoms with Gasteiger partial charge < -0.3 is 9.88 Å². The number of hydrogen-bond donors (Lipinski definition) is 1. The molecule has 1 aliphatic heterocycles. The Hall–Kier alpha value is -1.55. The Labute approximate surface area is 99.9 Å². The van der Waals surface area contributed by atoms with Crippen molar-refractivity contribution in [3.05, 3.63) is 34.2 Å². The fourth-order valence-corrected chi connectivity index (χ4v) is 2.73. The Morgan fingerprint density at radius 2 is 2.24 bits per heavy atom. The zero-order valence-electron chi connectivity index (χ0n) is 10.2. The number of benzene rings is 1. The predicted molar refractivity (Wildman–Crippen MR) is 68.4 cm³/mol. The summed E-state index contributed by atoms with van der Waals surface area (Å²) in [5.74, 6) is 0. The number of aromatic nitrogens is 2. The summed E-state index contributed by atoms with van der Waals surface area (Å²) in [5.41, 5.74) is 3.17. The van der Waals surface area contributed by atoms with Crippen LogP contribution in [-0.4, -0.2) is 34.6 Å². The first-order chi connectivity index (χ1) is 8.15. The van der Waals surface area contributed by atoms with Crippen molar-refractivity contribution in [1.82, 2.24) is 14.5 Å². The molecule has 1 saturated heterocycles. The molecule has 1 fully saturated rings.